The number of carbonyl (C=O) groups excluding carboxylic acids is 1. The molecule has 0 saturated heterocycles. The molecule has 0 spiro atoms. The average Bonchev–Trinajstić information content (AvgIpc) is 3.22. The molecule has 8 heteroatoms. The summed E-state index contributed by atoms with van der Waals surface area (Å²) in [6, 6.07) is 22.1. The quantitative estimate of drug-likeness (QED) is 0.368. The molecule has 0 saturated carbocycles. The summed E-state index contributed by atoms with van der Waals surface area (Å²) >= 11 is 12.6. The molecule has 1 aromatic heterocycles. The van der Waals surface area contributed by atoms with Crippen molar-refractivity contribution in [1.29, 1.82) is 0 Å². The highest BCUT2D eigenvalue weighted by atomic mass is 35.5. The van der Waals surface area contributed by atoms with Crippen LogP contribution in [0.5, 0.6) is 0 Å². The van der Waals surface area contributed by atoms with E-state index in [0.717, 1.165) is 22.4 Å². The first kappa shape index (κ1) is 21.2. The van der Waals surface area contributed by atoms with Gasteiger partial charge >= 0.3 is 0 Å². The molecular weight excluding hydrogens is 457 g/mol. The van der Waals surface area contributed by atoms with E-state index in [2.05, 4.69) is 20.7 Å². The van der Waals surface area contributed by atoms with Crippen LogP contribution in [0.1, 0.15) is 33.1 Å². The number of fused-ring (bicyclic) bond motifs is 1. The highest BCUT2D eigenvalue weighted by Crippen LogP contribution is 2.36. The molecule has 1 aliphatic rings. The van der Waals surface area contributed by atoms with Crippen LogP contribution in [0, 0.1) is 6.92 Å². The summed E-state index contributed by atoms with van der Waals surface area (Å²) in [5, 5.41) is 11.9. The Labute approximate surface area is 200 Å². The monoisotopic (exact) mass is 475 g/mol. The summed E-state index contributed by atoms with van der Waals surface area (Å²) in [7, 11) is 0. The van der Waals surface area contributed by atoms with Crippen molar-refractivity contribution in [2.24, 2.45) is 0 Å². The molecule has 2 N–H and O–H groups in total. The molecule has 4 aromatic rings. The van der Waals surface area contributed by atoms with Crippen LogP contribution >= 0.6 is 23.2 Å². The molecule has 0 unspecified atom stereocenters. The zero-order valence-electron chi connectivity index (χ0n) is 17.6. The first-order chi connectivity index (χ1) is 16.0. The van der Waals surface area contributed by atoms with E-state index in [4.69, 9.17) is 23.2 Å². The second-order valence-corrected chi connectivity index (χ2v) is 8.55. The van der Waals surface area contributed by atoms with Crippen molar-refractivity contribution in [1.82, 2.24) is 14.8 Å². The maximum Gasteiger partial charge on any atom is 0.258 e. The van der Waals surface area contributed by atoms with E-state index >= 15 is 0 Å². The summed E-state index contributed by atoms with van der Waals surface area (Å²) in [6.45, 7) is 1.97. The SMILES string of the molecule is Cc1ccc(C(=O)Nc2nc3n(n2)[C@H](c2ccccc2Cl)C=C(c2ccc(Cl)cc2)N3)cc1. The Balaban J connectivity index is 1.52. The summed E-state index contributed by atoms with van der Waals surface area (Å²) in [5.74, 6) is 0.413. The van der Waals surface area contributed by atoms with Crippen molar-refractivity contribution in [3.05, 3.63) is 111 Å². The first-order valence-electron chi connectivity index (χ1n) is 10.3. The minimum absolute atomic E-state index is 0.200. The number of aromatic nitrogens is 3. The highest BCUT2D eigenvalue weighted by Gasteiger charge is 2.27. The van der Waals surface area contributed by atoms with Crippen LogP contribution < -0.4 is 10.6 Å². The Morgan fingerprint density at radius 3 is 2.45 bits per heavy atom. The molecule has 164 valence electrons. The lowest BCUT2D eigenvalue weighted by atomic mass is 10.0. The molecule has 0 fully saturated rings. The van der Waals surface area contributed by atoms with Gasteiger partial charge in [0.2, 0.25) is 5.95 Å². The summed E-state index contributed by atoms with van der Waals surface area (Å²) < 4.78 is 1.71. The van der Waals surface area contributed by atoms with Crippen LogP contribution in [-0.4, -0.2) is 20.7 Å². The van der Waals surface area contributed by atoms with Gasteiger partial charge in [-0.3, -0.25) is 10.1 Å². The van der Waals surface area contributed by atoms with Crippen molar-refractivity contribution >= 4 is 46.7 Å². The number of benzene rings is 3. The number of allylic oxidation sites excluding steroid dienone is 1. The average molecular weight is 476 g/mol. The lowest BCUT2D eigenvalue weighted by Crippen LogP contribution is -2.20. The Hall–Kier alpha value is -3.61. The van der Waals surface area contributed by atoms with Crippen LogP contribution in [0.4, 0.5) is 11.9 Å². The van der Waals surface area contributed by atoms with Gasteiger partial charge in [-0.05, 0) is 54.5 Å². The number of aryl methyl sites for hydroxylation is 1. The molecule has 3 aromatic carbocycles. The predicted octanol–water partition coefficient (Wildman–Crippen LogP) is 6.20. The second-order valence-electron chi connectivity index (χ2n) is 7.70. The van der Waals surface area contributed by atoms with Gasteiger partial charge in [0.25, 0.3) is 11.9 Å². The number of hydrogen-bond donors (Lipinski definition) is 2. The standard InChI is InChI=1S/C25H19Cl2N5O/c1-15-6-8-17(9-7-15)23(33)29-24-30-25-28-21(16-10-12-18(26)13-11-16)14-22(32(25)31-24)19-4-2-3-5-20(19)27/h2-14,22H,1H3,(H2,28,29,30,31,33)/t22-/m0/s1. The van der Waals surface area contributed by atoms with Crippen molar-refractivity contribution < 1.29 is 4.79 Å². The molecule has 1 aliphatic heterocycles. The number of hydrogen-bond acceptors (Lipinski definition) is 4. The Kier molecular flexibility index (Phi) is 5.62. The third-order valence-electron chi connectivity index (χ3n) is 5.38. The van der Waals surface area contributed by atoms with Crippen LogP contribution in [0.25, 0.3) is 5.70 Å². The van der Waals surface area contributed by atoms with Crippen molar-refractivity contribution in [3.63, 3.8) is 0 Å². The van der Waals surface area contributed by atoms with Gasteiger partial charge in [0.15, 0.2) is 0 Å². The fourth-order valence-electron chi connectivity index (χ4n) is 3.66. The van der Waals surface area contributed by atoms with Gasteiger partial charge in [-0.2, -0.15) is 4.98 Å². The molecule has 2 heterocycles. The van der Waals surface area contributed by atoms with E-state index in [9.17, 15) is 4.79 Å². The molecule has 0 bridgehead atoms. The van der Waals surface area contributed by atoms with E-state index in [-0.39, 0.29) is 17.9 Å². The number of anilines is 2. The van der Waals surface area contributed by atoms with E-state index in [0.29, 0.717) is 21.6 Å². The fourth-order valence-corrected chi connectivity index (χ4v) is 4.03. The van der Waals surface area contributed by atoms with E-state index in [1.54, 1.807) is 16.8 Å². The maximum absolute atomic E-state index is 12.7. The maximum atomic E-state index is 12.7. The fraction of sp³-hybridized carbons (Fsp3) is 0.0800. The van der Waals surface area contributed by atoms with Gasteiger partial charge in [-0.1, -0.05) is 71.2 Å². The van der Waals surface area contributed by atoms with E-state index in [1.165, 1.54) is 0 Å². The van der Waals surface area contributed by atoms with E-state index < -0.39 is 0 Å². The smallest absolute Gasteiger partial charge is 0.258 e. The zero-order valence-corrected chi connectivity index (χ0v) is 19.1. The molecule has 6 nitrogen and oxygen atoms in total. The van der Waals surface area contributed by atoms with Crippen LogP contribution in [0.3, 0.4) is 0 Å². The van der Waals surface area contributed by atoms with Gasteiger partial charge < -0.3 is 5.32 Å². The highest BCUT2D eigenvalue weighted by molar-refractivity contribution is 6.31. The van der Waals surface area contributed by atoms with Crippen molar-refractivity contribution in [2.45, 2.75) is 13.0 Å². The van der Waals surface area contributed by atoms with Gasteiger partial charge in [-0.15, -0.1) is 5.10 Å². The van der Waals surface area contributed by atoms with Gasteiger partial charge in [-0.25, -0.2) is 4.68 Å². The largest absolute Gasteiger partial charge is 0.324 e. The topological polar surface area (TPSA) is 71.8 Å². The number of nitrogens with one attached hydrogen (secondary N) is 2. The lowest BCUT2D eigenvalue weighted by molar-refractivity contribution is 0.102. The molecule has 0 aliphatic carbocycles. The van der Waals surface area contributed by atoms with Gasteiger partial charge in [0.05, 0.1) is 0 Å². The normalized spacial score (nSPS) is 14.8. The first-order valence-corrected chi connectivity index (χ1v) is 11.1. The number of halogens is 2. The Morgan fingerprint density at radius 2 is 1.73 bits per heavy atom. The van der Waals surface area contributed by atoms with Crippen LogP contribution in [0.15, 0.2) is 78.9 Å². The zero-order chi connectivity index (χ0) is 22.9. The minimum atomic E-state index is -0.321. The van der Waals surface area contributed by atoms with Crippen molar-refractivity contribution in [2.75, 3.05) is 10.6 Å². The lowest BCUT2D eigenvalue weighted by Gasteiger charge is -2.24. The van der Waals surface area contributed by atoms with Crippen LogP contribution in [-0.2, 0) is 0 Å². The Morgan fingerprint density at radius 1 is 1.00 bits per heavy atom. The van der Waals surface area contributed by atoms with E-state index in [1.807, 2.05) is 73.7 Å². The van der Waals surface area contributed by atoms with Crippen LogP contribution in [0.2, 0.25) is 10.0 Å². The van der Waals surface area contributed by atoms with Gasteiger partial charge in [0.1, 0.15) is 6.04 Å². The molecule has 5 rings (SSSR count). The minimum Gasteiger partial charge on any atom is -0.324 e. The molecule has 1 atom stereocenters. The number of nitrogens with zero attached hydrogens (tertiary/aromatic N) is 3. The summed E-state index contributed by atoms with van der Waals surface area (Å²) in [6.07, 6.45) is 2.03. The Bertz CT molecular complexity index is 1360. The molecular formula is C25H19Cl2N5O. The molecule has 0 radical (unpaired) electrons. The number of carbonyl (C=O) groups is 1. The number of rotatable bonds is 4. The molecule has 33 heavy (non-hydrogen) atoms. The third kappa shape index (κ3) is 4.35. The summed E-state index contributed by atoms with van der Waals surface area (Å²) in [5.41, 5.74) is 4.26. The van der Waals surface area contributed by atoms with Gasteiger partial charge in [0, 0.05) is 21.3 Å². The predicted molar refractivity (Wildman–Crippen MR) is 132 cm³/mol. The summed E-state index contributed by atoms with van der Waals surface area (Å²) in [4.78, 5) is 17.2. The van der Waals surface area contributed by atoms with Crippen molar-refractivity contribution in [3.8, 4) is 0 Å². The third-order valence-corrected chi connectivity index (χ3v) is 5.98. The molecule has 1 amide bonds. The number of amides is 1. The second kappa shape index (κ2) is 8.73.